The molecule has 3 amide bonds. The number of nitrogens with zero attached hydrogens (tertiary/aromatic N) is 1. The van der Waals surface area contributed by atoms with Gasteiger partial charge in [0.05, 0.1) is 5.92 Å². The fourth-order valence-corrected chi connectivity index (χ4v) is 2.95. The molecule has 148 valence electrons. The average Bonchev–Trinajstić information content (AvgIpc) is 2.64. The zero-order valence-corrected chi connectivity index (χ0v) is 16.3. The summed E-state index contributed by atoms with van der Waals surface area (Å²) in [5, 5.41) is 5.43. The van der Waals surface area contributed by atoms with Gasteiger partial charge in [0.1, 0.15) is 5.60 Å². The van der Waals surface area contributed by atoms with Crippen LogP contribution in [0.1, 0.15) is 44.0 Å². The number of benzene rings is 1. The van der Waals surface area contributed by atoms with Crippen LogP contribution in [-0.4, -0.2) is 54.6 Å². The highest BCUT2D eigenvalue weighted by Crippen LogP contribution is 2.18. The van der Waals surface area contributed by atoms with Crippen LogP contribution in [0, 0.1) is 5.92 Å². The minimum atomic E-state index is -0.551. The zero-order chi connectivity index (χ0) is 19.9. The first-order valence-electron chi connectivity index (χ1n) is 9.35. The number of hydrogen-bond donors (Lipinski definition) is 2. The van der Waals surface area contributed by atoms with Crippen LogP contribution in [0.25, 0.3) is 0 Å². The van der Waals surface area contributed by atoms with Gasteiger partial charge in [-0.3, -0.25) is 9.59 Å². The lowest BCUT2D eigenvalue weighted by atomic mass is 9.96. The van der Waals surface area contributed by atoms with Gasteiger partial charge in [0.2, 0.25) is 5.91 Å². The van der Waals surface area contributed by atoms with E-state index in [9.17, 15) is 14.4 Å². The lowest BCUT2D eigenvalue weighted by molar-refractivity contribution is -0.126. The lowest BCUT2D eigenvalue weighted by Crippen LogP contribution is -2.46. The Hall–Kier alpha value is -2.57. The summed E-state index contributed by atoms with van der Waals surface area (Å²) in [5.41, 5.74) is 0.0876. The van der Waals surface area contributed by atoms with Crippen LogP contribution < -0.4 is 10.6 Å². The van der Waals surface area contributed by atoms with Crippen molar-refractivity contribution in [3.8, 4) is 0 Å². The van der Waals surface area contributed by atoms with Crippen LogP contribution in [0.3, 0.4) is 0 Å². The molecule has 1 atom stereocenters. The summed E-state index contributed by atoms with van der Waals surface area (Å²) < 4.78 is 5.14. The second-order valence-corrected chi connectivity index (χ2v) is 7.68. The first kappa shape index (κ1) is 20.7. The van der Waals surface area contributed by atoms with Crippen LogP contribution in [0.15, 0.2) is 30.3 Å². The molecule has 7 heteroatoms. The Morgan fingerprint density at radius 1 is 1.11 bits per heavy atom. The molecule has 0 spiro atoms. The fourth-order valence-electron chi connectivity index (χ4n) is 2.95. The minimum Gasteiger partial charge on any atom is -0.444 e. The van der Waals surface area contributed by atoms with Crippen LogP contribution in [0.2, 0.25) is 0 Å². The van der Waals surface area contributed by atoms with Crippen molar-refractivity contribution in [2.75, 3.05) is 26.2 Å². The van der Waals surface area contributed by atoms with Gasteiger partial charge in [-0.15, -0.1) is 0 Å². The van der Waals surface area contributed by atoms with Crippen molar-refractivity contribution < 1.29 is 19.1 Å². The molecule has 1 aliphatic heterocycles. The van der Waals surface area contributed by atoms with Crippen LogP contribution >= 0.6 is 0 Å². The topological polar surface area (TPSA) is 87.7 Å². The Kier molecular flexibility index (Phi) is 7.21. The number of nitrogens with one attached hydrogen (secondary N) is 2. The van der Waals surface area contributed by atoms with E-state index in [1.54, 1.807) is 37.8 Å². The van der Waals surface area contributed by atoms with Gasteiger partial charge in [-0.2, -0.15) is 0 Å². The number of alkyl carbamates (subject to hydrolysis) is 1. The Labute approximate surface area is 160 Å². The molecule has 0 bridgehead atoms. The highest BCUT2D eigenvalue weighted by atomic mass is 16.6. The molecule has 0 unspecified atom stereocenters. The summed E-state index contributed by atoms with van der Waals surface area (Å²) in [4.78, 5) is 38.2. The first-order valence-corrected chi connectivity index (χ1v) is 9.35. The highest BCUT2D eigenvalue weighted by molar-refractivity contribution is 5.94. The Morgan fingerprint density at radius 3 is 2.44 bits per heavy atom. The number of piperidine rings is 1. The Balaban J connectivity index is 1.75. The number of carbonyl (C=O) groups excluding carboxylic acids is 3. The fraction of sp³-hybridized carbons (Fsp3) is 0.550. The van der Waals surface area contributed by atoms with E-state index >= 15 is 0 Å². The number of rotatable bonds is 5. The normalized spacial score (nSPS) is 17.1. The van der Waals surface area contributed by atoms with E-state index in [0.717, 1.165) is 12.8 Å². The second kappa shape index (κ2) is 9.39. The van der Waals surface area contributed by atoms with Crippen molar-refractivity contribution in [2.24, 2.45) is 5.92 Å². The molecule has 1 aromatic carbocycles. The molecule has 2 rings (SSSR count). The van der Waals surface area contributed by atoms with Crippen molar-refractivity contribution >= 4 is 17.9 Å². The van der Waals surface area contributed by atoms with E-state index in [-0.39, 0.29) is 17.7 Å². The smallest absolute Gasteiger partial charge is 0.407 e. The van der Waals surface area contributed by atoms with E-state index in [1.165, 1.54) is 0 Å². The van der Waals surface area contributed by atoms with Crippen molar-refractivity contribution in [3.63, 3.8) is 0 Å². The van der Waals surface area contributed by atoms with Gasteiger partial charge in [-0.25, -0.2) is 4.79 Å². The maximum absolute atomic E-state index is 12.6. The standard InChI is InChI=1S/C20H29N3O4/c1-20(2,3)27-19(26)22-12-11-21-17(24)16-10-7-13-23(14-16)18(25)15-8-5-4-6-9-15/h4-6,8-9,16H,7,10-14H2,1-3H3,(H,21,24)(H,22,26)/t16-/m1/s1. The van der Waals surface area contributed by atoms with Crippen LogP contribution in [0.4, 0.5) is 4.79 Å². The molecule has 7 nitrogen and oxygen atoms in total. The van der Waals surface area contributed by atoms with Gasteiger partial charge in [0.25, 0.3) is 5.91 Å². The molecule has 27 heavy (non-hydrogen) atoms. The second-order valence-electron chi connectivity index (χ2n) is 7.68. The monoisotopic (exact) mass is 375 g/mol. The number of likely N-dealkylation sites (tertiary alicyclic amines) is 1. The van der Waals surface area contributed by atoms with Crippen molar-refractivity contribution in [1.82, 2.24) is 15.5 Å². The first-order chi connectivity index (χ1) is 12.8. The number of amides is 3. The summed E-state index contributed by atoms with van der Waals surface area (Å²) in [6.07, 6.45) is 1.05. The van der Waals surface area contributed by atoms with Crippen molar-refractivity contribution in [2.45, 2.75) is 39.2 Å². The van der Waals surface area contributed by atoms with Crippen molar-refractivity contribution in [3.05, 3.63) is 35.9 Å². The summed E-state index contributed by atoms with van der Waals surface area (Å²) in [5.74, 6) is -0.362. The largest absolute Gasteiger partial charge is 0.444 e. The molecule has 1 aliphatic rings. The van der Waals surface area contributed by atoms with Gasteiger partial charge in [-0.1, -0.05) is 18.2 Å². The van der Waals surface area contributed by atoms with E-state index in [2.05, 4.69) is 10.6 Å². The number of hydrogen-bond acceptors (Lipinski definition) is 4. The molecule has 2 N–H and O–H groups in total. The Morgan fingerprint density at radius 2 is 1.78 bits per heavy atom. The molecule has 1 aromatic rings. The number of ether oxygens (including phenoxy) is 1. The van der Waals surface area contributed by atoms with Gasteiger partial charge in [0, 0.05) is 31.7 Å². The predicted molar refractivity (Wildman–Crippen MR) is 102 cm³/mol. The molecular weight excluding hydrogens is 346 g/mol. The summed E-state index contributed by atoms with van der Waals surface area (Å²) in [6, 6.07) is 9.11. The maximum atomic E-state index is 12.6. The van der Waals surface area contributed by atoms with E-state index in [1.807, 2.05) is 18.2 Å². The minimum absolute atomic E-state index is 0.0420. The molecule has 0 saturated carbocycles. The van der Waals surface area contributed by atoms with Gasteiger partial charge in [-0.05, 0) is 45.7 Å². The molecule has 0 radical (unpaired) electrons. The molecule has 0 aromatic heterocycles. The van der Waals surface area contributed by atoms with E-state index < -0.39 is 11.7 Å². The Bertz CT molecular complexity index is 655. The molecule has 1 heterocycles. The molecule has 1 fully saturated rings. The van der Waals surface area contributed by atoms with Gasteiger partial charge in [0.15, 0.2) is 0 Å². The predicted octanol–water partition coefficient (Wildman–Crippen LogP) is 2.18. The van der Waals surface area contributed by atoms with Gasteiger partial charge < -0.3 is 20.3 Å². The third-order valence-corrected chi connectivity index (χ3v) is 4.19. The average molecular weight is 375 g/mol. The number of carbonyl (C=O) groups is 3. The highest BCUT2D eigenvalue weighted by Gasteiger charge is 2.28. The molecular formula is C20H29N3O4. The lowest BCUT2D eigenvalue weighted by Gasteiger charge is -2.32. The molecule has 1 saturated heterocycles. The SMILES string of the molecule is CC(C)(C)OC(=O)NCCNC(=O)[C@@H]1CCCN(C(=O)c2ccccc2)C1. The van der Waals surface area contributed by atoms with Crippen LogP contribution in [-0.2, 0) is 9.53 Å². The zero-order valence-electron chi connectivity index (χ0n) is 16.3. The van der Waals surface area contributed by atoms with E-state index in [0.29, 0.717) is 31.7 Å². The third-order valence-electron chi connectivity index (χ3n) is 4.19. The summed E-state index contributed by atoms with van der Waals surface area (Å²) in [7, 11) is 0. The van der Waals surface area contributed by atoms with Crippen LogP contribution in [0.5, 0.6) is 0 Å². The summed E-state index contributed by atoms with van der Waals surface area (Å²) in [6.45, 7) is 7.07. The maximum Gasteiger partial charge on any atom is 0.407 e. The molecule has 0 aliphatic carbocycles. The quantitative estimate of drug-likeness (QED) is 0.772. The third kappa shape index (κ3) is 6.92. The van der Waals surface area contributed by atoms with Gasteiger partial charge >= 0.3 is 6.09 Å². The van der Waals surface area contributed by atoms with E-state index in [4.69, 9.17) is 4.74 Å². The summed E-state index contributed by atoms with van der Waals surface area (Å²) >= 11 is 0. The van der Waals surface area contributed by atoms with Crippen molar-refractivity contribution in [1.29, 1.82) is 0 Å².